The number of esters is 1. The molecule has 2 aromatic carbocycles. The number of likely N-dealkylation sites (N-methyl/N-ethyl adjacent to an activating group) is 1. The summed E-state index contributed by atoms with van der Waals surface area (Å²) in [6.45, 7) is 1.17. The lowest BCUT2D eigenvalue weighted by molar-refractivity contribution is -0.597. The highest BCUT2D eigenvalue weighted by Crippen LogP contribution is 2.01. The molecule has 0 aliphatic heterocycles. The molecule has 0 fully saturated rings. The van der Waals surface area contributed by atoms with Gasteiger partial charge in [-0.2, -0.15) is 5.26 Å². The summed E-state index contributed by atoms with van der Waals surface area (Å²) in [5, 5.41) is 8.56. The maximum atomic E-state index is 12.0. The van der Waals surface area contributed by atoms with Gasteiger partial charge in [-0.3, -0.25) is 4.90 Å². The molecular weight excluding hydrogens is 403 g/mol. The lowest BCUT2D eigenvalue weighted by Crippen LogP contribution is -3.61. The molecule has 5 heteroatoms. The lowest BCUT2D eigenvalue weighted by Gasteiger charge is -2.12. The SMILES string of the molecule is CN(CC#N)CCOC(=O)c1ccc([I+]c2ccccc2)cc1. The minimum Gasteiger partial charge on any atom is -0.461 e. The molecule has 118 valence electrons. The van der Waals surface area contributed by atoms with Crippen LogP contribution in [0.25, 0.3) is 0 Å². The van der Waals surface area contributed by atoms with Crippen molar-refractivity contribution in [1.82, 2.24) is 4.90 Å². The molecule has 0 atom stereocenters. The molecule has 0 saturated heterocycles. The van der Waals surface area contributed by atoms with Gasteiger partial charge in [0.15, 0.2) is 7.14 Å². The topological polar surface area (TPSA) is 53.3 Å². The van der Waals surface area contributed by atoms with E-state index in [0.29, 0.717) is 18.7 Å². The van der Waals surface area contributed by atoms with Gasteiger partial charge in [0, 0.05) is 6.54 Å². The molecule has 0 aliphatic carbocycles. The Morgan fingerprint density at radius 2 is 1.78 bits per heavy atom. The Kier molecular flexibility index (Phi) is 7.04. The van der Waals surface area contributed by atoms with Gasteiger partial charge in [-0.25, -0.2) is 4.79 Å². The van der Waals surface area contributed by atoms with E-state index in [2.05, 4.69) is 18.2 Å². The first-order valence-electron chi connectivity index (χ1n) is 7.21. The van der Waals surface area contributed by atoms with Crippen LogP contribution in [0.1, 0.15) is 10.4 Å². The van der Waals surface area contributed by atoms with E-state index in [1.165, 1.54) is 7.14 Å². The first-order valence-corrected chi connectivity index (χ1v) is 9.37. The van der Waals surface area contributed by atoms with Crippen LogP contribution in [-0.2, 0) is 4.74 Å². The van der Waals surface area contributed by atoms with Gasteiger partial charge in [-0.05, 0) is 43.4 Å². The van der Waals surface area contributed by atoms with Crippen LogP contribution >= 0.6 is 0 Å². The third-order valence-electron chi connectivity index (χ3n) is 3.08. The third kappa shape index (κ3) is 6.00. The van der Waals surface area contributed by atoms with Crippen molar-refractivity contribution in [3.05, 3.63) is 67.3 Å². The number of benzene rings is 2. The first kappa shape index (κ1) is 17.4. The fraction of sp³-hybridized carbons (Fsp3) is 0.222. The summed E-state index contributed by atoms with van der Waals surface area (Å²) in [5.41, 5.74) is 0.564. The van der Waals surface area contributed by atoms with Crippen LogP contribution < -0.4 is 21.2 Å². The van der Waals surface area contributed by atoms with Crippen LogP contribution in [0.4, 0.5) is 0 Å². The summed E-state index contributed by atoms with van der Waals surface area (Å²) in [7, 11) is 1.82. The van der Waals surface area contributed by atoms with Gasteiger partial charge in [-0.15, -0.1) is 0 Å². The Bertz CT molecular complexity index is 666. The standard InChI is InChI=1S/C18H18IN2O2/c1-21(12-11-20)13-14-23-18(22)15-7-9-17(10-8-15)19-16-5-3-2-4-6-16/h2-10H,12-14H2,1H3/q+1. The van der Waals surface area contributed by atoms with Crippen molar-refractivity contribution < 1.29 is 30.7 Å². The quantitative estimate of drug-likeness (QED) is 0.342. The maximum Gasteiger partial charge on any atom is 0.357 e. The van der Waals surface area contributed by atoms with Crippen molar-refractivity contribution >= 4 is 5.97 Å². The van der Waals surface area contributed by atoms with E-state index in [1.54, 1.807) is 4.90 Å². The minimum atomic E-state index is -0.320. The Morgan fingerprint density at radius 3 is 2.43 bits per heavy atom. The minimum absolute atomic E-state index is 0.218. The van der Waals surface area contributed by atoms with Crippen LogP contribution in [0.3, 0.4) is 0 Å². The van der Waals surface area contributed by atoms with Gasteiger partial charge in [0.05, 0.1) is 18.2 Å². The van der Waals surface area contributed by atoms with E-state index in [4.69, 9.17) is 10.00 Å². The third-order valence-corrected chi connectivity index (χ3v) is 5.76. The summed E-state index contributed by atoms with van der Waals surface area (Å²) < 4.78 is 7.84. The number of hydrogen-bond acceptors (Lipinski definition) is 4. The second-order valence-electron chi connectivity index (χ2n) is 4.93. The first-order chi connectivity index (χ1) is 11.2. The highest BCUT2D eigenvalue weighted by Gasteiger charge is 2.16. The number of ether oxygens (including phenoxy) is 1. The largest absolute Gasteiger partial charge is 0.461 e. The van der Waals surface area contributed by atoms with Crippen LogP contribution in [0.2, 0.25) is 0 Å². The summed E-state index contributed by atoms with van der Waals surface area (Å²) >= 11 is -0.218. The van der Waals surface area contributed by atoms with Crippen molar-refractivity contribution in [3.63, 3.8) is 0 Å². The van der Waals surface area contributed by atoms with E-state index in [-0.39, 0.29) is 33.8 Å². The molecule has 23 heavy (non-hydrogen) atoms. The van der Waals surface area contributed by atoms with Crippen LogP contribution in [-0.4, -0.2) is 37.6 Å². The molecule has 2 rings (SSSR count). The average Bonchev–Trinajstić information content (AvgIpc) is 2.56. The lowest BCUT2D eigenvalue weighted by atomic mass is 10.2. The number of carbonyl (C=O) groups excluding carboxylic acids is 1. The van der Waals surface area contributed by atoms with E-state index in [1.807, 2.05) is 49.5 Å². The predicted octanol–water partition coefficient (Wildman–Crippen LogP) is -0.573. The van der Waals surface area contributed by atoms with Crippen molar-refractivity contribution in [2.24, 2.45) is 0 Å². The van der Waals surface area contributed by atoms with Gasteiger partial charge in [0.2, 0.25) is 0 Å². The van der Waals surface area contributed by atoms with Crippen LogP contribution in [0, 0.1) is 18.5 Å². The molecule has 0 aromatic heterocycles. The van der Waals surface area contributed by atoms with Gasteiger partial charge in [-0.1, -0.05) is 18.2 Å². The highest BCUT2D eigenvalue weighted by molar-refractivity contribution is 5.89. The maximum absolute atomic E-state index is 12.0. The van der Waals surface area contributed by atoms with Gasteiger partial charge in [0.1, 0.15) is 6.61 Å². The summed E-state index contributed by atoms with van der Waals surface area (Å²) in [6, 6.07) is 20.1. The molecular formula is C18H18IN2O2+. The number of nitrogens with zero attached hydrogens (tertiary/aromatic N) is 2. The smallest absolute Gasteiger partial charge is 0.357 e. The Balaban J connectivity index is 1.84. The second kappa shape index (κ2) is 9.28. The zero-order valence-corrected chi connectivity index (χ0v) is 15.1. The van der Waals surface area contributed by atoms with Gasteiger partial charge >= 0.3 is 27.2 Å². The molecule has 0 bridgehead atoms. The number of carbonyl (C=O) groups is 1. The molecule has 2 aromatic rings. The van der Waals surface area contributed by atoms with Crippen molar-refractivity contribution in [1.29, 1.82) is 5.26 Å². The second-order valence-corrected chi connectivity index (χ2v) is 7.96. The normalized spacial score (nSPS) is 10.3. The van der Waals surface area contributed by atoms with E-state index < -0.39 is 0 Å². The Hall–Kier alpha value is -1.91. The molecule has 0 unspecified atom stereocenters. The predicted molar refractivity (Wildman–Crippen MR) is 83.7 cm³/mol. The monoisotopic (exact) mass is 421 g/mol. The highest BCUT2D eigenvalue weighted by atomic mass is 127. The molecule has 0 N–H and O–H groups in total. The average molecular weight is 421 g/mol. The van der Waals surface area contributed by atoms with Crippen molar-refractivity contribution in [3.8, 4) is 6.07 Å². The fourth-order valence-electron chi connectivity index (χ4n) is 1.83. The summed E-state index contributed by atoms with van der Waals surface area (Å²) in [5.74, 6) is -0.320. The molecule has 0 spiro atoms. The summed E-state index contributed by atoms with van der Waals surface area (Å²) in [6.07, 6.45) is 0. The Morgan fingerprint density at radius 1 is 1.13 bits per heavy atom. The van der Waals surface area contributed by atoms with Crippen molar-refractivity contribution in [2.45, 2.75) is 0 Å². The molecule has 4 nitrogen and oxygen atoms in total. The van der Waals surface area contributed by atoms with E-state index in [9.17, 15) is 4.79 Å². The molecule has 0 amide bonds. The zero-order valence-electron chi connectivity index (χ0n) is 12.9. The number of hydrogen-bond donors (Lipinski definition) is 0. The Labute approximate surface area is 146 Å². The van der Waals surface area contributed by atoms with E-state index >= 15 is 0 Å². The number of halogens is 1. The van der Waals surface area contributed by atoms with Gasteiger partial charge < -0.3 is 4.74 Å². The number of nitriles is 1. The van der Waals surface area contributed by atoms with Gasteiger partial charge in [0.25, 0.3) is 0 Å². The fourth-order valence-corrected chi connectivity index (χ4v) is 4.04. The zero-order chi connectivity index (χ0) is 16.5. The van der Waals surface area contributed by atoms with Crippen LogP contribution in [0.5, 0.6) is 0 Å². The van der Waals surface area contributed by atoms with E-state index in [0.717, 1.165) is 0 Å². The van der Waals surface area contributed by atoms with Crippen molar-refractivity contribution in [2.75, 3.05) is 26.7 Å². The molecule has 0 radical (unpaired) electrons. The van der Waals surface area contributed by atoms with Crippen LogP contribution in [0.15, 0.2) is 54.6 Å². The number of rotatable bonds is 7. The summed E-state index contributed by atoms with van der Waals surface area (Å²) in [4.78, 5) is 13.8. The molecule has 0 aliphatic rings. The molecule has 0 saturated carbocycles. The molecule has 0 heterocycles.